The van der Waals surface area contributed by atoms with E-state index >= 15 is 0 Å². The number of aryl methyl sites for hydroxylation is 1. The van der Waals surface area contributed by atoms with Gasteiger partial charge in [-0.15, -0.1) is 10.2 Å². The maximum absolute atomic E-state index is 12.7. The summed E-state index contributed by atoms with van der Waals surface area (Å²) in [5.41, 5.74) is 0.893. The van der Waals surface area contributed by atoms with Crippen molar-refractivity contribution in [3.63, 3.8) is 0 Å². The van der Waals surface area contributed by atoms with Gasteiger partial charge in [-0.05, 0) is 19.1 Å². The van der Waals surface area contributed by atoms with Crippen LogP contribution in [0.5, 0.6) is 0 Å². The Morgan fingerprint density at radius 3 is 2.52 bits per heavy atom. The molecule has 3 aromatic heterocycles. The summed E-state index contributed by atoms with van der Waals surface area (Å²) in [6.07, 6.45) is 1.75. The van der Waals surface area contributed by atoms with E-state index in [1.807, 2.05) is 39.0 Å². The van der Waals surface area contributed by atoms with Crippen molar-refractivity contribution in [2.24, 2.45) is 0 Å². The van der Waals surface area contributed by atoms with Crippen LogP contribution in [0, 0.1) is 6.92 Å². The van der Waals surface area contributed by atoms with E-state index in [4.69, 9.17) is 0 Å². The Balaban J connectivity index is 1.95. The van der Waals surface area contributed by atoms with Gasteiger partial charge in [0.05, 0.1) is 11.4 Å². The van der Waals surface area contributed by atoms with E-state index in [0.717, 1.165) is 5.82 Å². The smallest absolute Gasteiger partial charge is 0.264 e. The first-order valence-electron chi connectivity index (χ1n) is 8.85. The zero-order valence-corrected chi connectivity index (χ0v) is 16.4. The van der Waals surface area contributed by atoms with Crippen molar-refractivity contribution in [3.05, 3.63) is 51.6 Å². The van der Waals surface area contributed by atoms with Gasteiger partial charge in [0.1, 0.15) is 17.2 Å². The van der Waals surface area contributed by atoms with Crippen LogP contribution in [0.3, 0.4) is 0 Å². The largest absolute Gasteiger partial charge is 0.320 e. The third-order valence-corrected chi connectivity index (χ3v) is 4.24. The lowest BCUT2D eigenvalue weighted by Gasteiger charge is -2.18. The highest BCUT2D eigenvalue weighted by Gasteiger charge is 2.22. The van der Waals surface area contributed by atoms with Gasteiger partial charge in [-0.3, -0.25) is 14.0 Å². The minimum Gasteiger partial charge on any atom is -0.320 e. The minimum absolute atomic E-state index is 0.0101. The summed E-state index contributed by atoms with van der Waals surface area (Å²) >= 11 is 0. The number of aromatic amines is 1. The lowest BCUT2D eigenvalue weighted by Crippen LogP contribution is -2.30. The monoisotopic (exact) mass is 368 g/mol. The Kier molecular flexibility index (Phi) is 4.59. The average molecular weight is 368 g/mol. The number of carbonyl (C=O) groups is 1. The van der Waals surface area contributed by atoms with Crippen molar-refractivity contribution < 1.29 is 4.79 Å². The highest BCUT2D eigenvalue weighted by atomic mass is 16.2. The quantitative estimate of drug-likeness (QED) is 0.739. The number of pyridine rings is 1. The molecule has 3 rings (SSSR count). The molecule has 0 saturated carbocycles. The predicted molar refractivity (Wildman–Crippen MR) is 103 cm³/mol. The van der Waals surface area contributed by atoms with Crippen molar-refractivity contribution in [1.82, 2.24) is 24.6 Å². The summed E-state index contributed by atoms with van der Waals surface area (Å²) < 4.78 is 1.83. The van der Waals surface area contributed by atoms with Crippen LogP contribution in [-0.2, 0) is 5.41 Å². The zero-order valence-electron chi connectivity index (χ0n) is 16.4. The van der Waals surface area contributed by atoms with Gasteiger partial charge in [-0.2, -0.15) is 0 Å². The van der Waals surface area contributed by atoms with Gasteiger partial charge in [0, 0.05) is 17.5 Å². The molecule has 2 N–H and O–H groups in total. The third kappa shape index (κ3) is 3.60. The molecule has 3 heterocycles. The Hall–Kier alpha value is -3.03. The van der Waals surface area contributed by atoms with Gasteiger partial charge >= 0.3 is 0 Å². The summed E-state index contributed by atoms with van der Waals surface area (Å²) in [6.45, 7) is 11.6. The van der Waals surface area contributed by atoms with Crippen molar-refractivity contribution in [3.8, 4) is 0 Å². The molecule has 1 amide bonds. The van der Waals surface area contributed by atoms with Gasteiger partial charge < -0.3 is 10.3 Å². The Morgan fingerprint density at radius 2 is 1.93 bits per heavy atom. The van der Waals surface area contributed by atoms with Crippen molar-refractivity contribution in [2.45, 2.75) is 52.9 Å². The van der Waals surface area contributed by atoms with E-state index < -0.39 is 11.5 Å². The standard InChI is InChI=1S/C19H24N6O2/c1-10(2)15-24-23-13-8-7-12(9-25(13)15)21-16(26)14-11(3)20-18(19(4,5)6)22-17(14)27/h7-10H,1-6H3,(H,21,26)(H,20,22,27). The lowest BCUT2D eigenvalue weighted by molar-refractivity contribution is 0.102. The fraction of sp³-hybridized carbons (Fsp3) is 0.421. The molecule has 0 radical (unpaired) electrons. The molecule has 0 atom stereocenters. The highest BCUT2D eigenvalue weighted by molar-refractivity contribution is 6.04. The van der Waals surface area contributed by atoms with Crippen LogP contribution in [0.1, 0.15) is 68.2 Å². The molecular weight excluding hydrogens is 344 g/mol. The van der Waals surface area contributed by atoms with E-state index in [1.165, 1.54) is 0 Å². The van der Waals surface area contributed by atoms with Gasteiger partial charge in [-0.1, -0.05) is 34.6 Å². The normalized spacial score (nSPS) is 12.0. The molecule has 0 spiro atoms. The number of aromatic nitrogens is 5. The van der Waals surface area contributed by atoms with Crippen molar-refractivity contribution in [1.29, 1.82) is 0 Å². The van der Waals surface area contributed by atoms with E-state index in [1.54, 1.807) is 25.3 Å². The number of rotatable bonds is 3. The summed E-state index contributed by atoms with van der Waals surface area (Å²) in [5.74, 6) is 1.03. The van der Waals surface area contributed by atoms with Gasteiger partial charge in [-0.25, -0.2) is 4.98 Å². The number of amides is 1. The zero-order chi connectivity index (χ0) is 19.9. The summed E-state index contributed by atoms with van der Waals surface area (Å²) in [5, 5.41) is 11.1. The number of fused-ring (bicyclic) bond motifs is 1. The fourth-order valence-corrected chi connectivity index (χ4v) is 2.78. The molecule has 27 heavy (non-hydrogen) atoms. The molecule has 0 aliphatic rings. The van der Waals surface area contributed by atoms with Crippen molar-refractivity contribution >= 4 is 17.2 Å². The molecule has 8 nitrogen and oxygen atoms in total. The Morgan fingerprint density at radius 1 is 1.22 bits per heavy atom. The topological polar surface area (TPSA) is 105 Å². The number of nitrogens with zero attached hydrogens (tertiary/aromatic N) is 4. The summed E-state index contributed by atoms with van der Waals surface area (Å²) in [4.78, 5) is 32.3. The molecule has 8 heteroatoms. The number of hydrogen-bond donors (Lipinski definition) is 2. The van der Waals surface area contributed by atoms with E-state index in [2.05, 4.69) is 25.5 Å². The molecule has 0 bridgehead atoms. The first-order chi connectivity index (χ1) is 12.6. The number of H-pyrrole nitrogens is 1. The lowest BCUT2D eigenvalue weighted by atomic mass is 9.95. The fourth-order valence-electron chi connectivity index (χ4n) is 2.78. The van der Waals surface area contributed by atoms with E-state index in [9.17, 15) is 9.59 Å². The number of nitrogens with one attached hydrogen (secondary N) is 2. The SMILES string of the molecule is Cc1nc(C(C)(C)C)[nH]c(=O)c1C(=O)Nc1ccc2nnc(C(C)C)n2c1. The molecule has 3 aromatic rings. The first kappa shape index (κ1) is 18.8. The maximum atomic E-state index is 12.7. The molecule has 0 aliphatic carbocycles. The van der Waals surface area contributed by atoms with E-state index in [0.29, 0.717) is 22.9 Å². The Labute approximate surface area is 157 Å². The van der Waals surface area contributed by atoms with Gasteiger partial charge in [0.15, 0.2) is 5.65 Å². The number of hydrogen-bond acceptors (Lipinski definition) is 5. The minimum atomic E-state index is -0.500. The average Bonchev–Trinajstić information content (AvgIpc) is 2.96. The molecule has 0 saturated heterocycles. The van der Waals surface area contributed by atoms with Gasteiger partial charge in [0.25, 0.3) is 11.5 Å². The van der Waals surface area contributed by atoms with Crippen LogP contribution in [0.2, 0.25) is 0 Å². The van der Waals surface area contributed by atoms with Gasteiger partial charge in [0.2, 0.25) is 0 Å². The number of anilines is 1. The van der Waals surface area contributed by atoms with Crippen LogP contribution >= 0.6 is 0 Å². The molecule has 0 fully saturated rings. The third-order valence-electron chi connectivity index (χ3n) is 4.24. The molecular formula is C19H24N6O2. The highest BCUT2D eigenvalue weighted by Crippen LogP contribution is 2.19. The molecule has 142 valence electrons. The maximum Gasteiger partial charge on any atom is 0.264 e. The van der Waals surface area contributed by atoms with E-state index in [-0.39, 0.29) is 16.9 Å². The first-order valence-corrected chi connectivity index (χ1v) is 8.85. The second kappa shape index (κ2) is 6.61. The number of carbonyl (C=O) groups excluding carboxylic acids is 1. The molecule has 0 unspecified atom stereocenters. The van der Waals surface area contributed by atoms with Crippen molar-refractivity contribution in [2.75, 3.05) is 5.32 Å². The Bertz CT molecular complexity index is 1070. The summed E-state index contributed by atoms with van der Waals surface area (Å²) in [7, 11) is 0. The predicted octanol–water partition coefficient (Wildman–Crippen LogP) is 2.79. The summed E-state index contributed by atoms with van der Waals surface area (Å²) in [6, 6.07) is 3.50. The van der Waals surface area contributed by atoms with Crippen LogP contribution in [0.15, 0.2) is 23.1 Å². The second-order valence-electron chi connectivity index (χ2n) is 7.94. The second-order valence-corrected chi connectivity index (χ2v) is 7.94. The van der Waals surface area contributed by atoms with Crippen LogP contribution in [0.25, 0.3) is 5.65 Å². The van der Waals surface area contributed by atoms with Crippen LogP contribution in [-0.4, -0.2) is 30.5 Å². The van der Waals surface area contributed by atoms with Crippen LogP contribution in [0.4, 0.5) is 5.69 Å². The molecule has 0 aliphatic heterocycles. The van der Waals surface area contributed by atoms with Crippen LogP contribution < -0.4 is 10.9 Å². The molecule has 0 aromatic carbocycles.